The van der Waals surface area contributed by atoms with Gasteiger partial charge in [0.25, 0.3) is 0 Å². The third-order valence-corrected chi connectivity index (χ3v) is 6.59. The number of allylic oxidation sites excluding steroid dienone is 4. The molecule has 2 aromatic carbocycles. The lowest BCUT2D eigenvalue weighted by Crippen LogP contribution is -2.28. The number of hydrogen-bond donors (Lipinski definition) is 1. The van der Waals surface area contributed by atoms with E-state index in [0.29, 0.717) is 24.6 Å². The van der Waals surface area contributed by atoms with Crippen molar-refractivity contribution in [1.82, 2.24) is 10.2 Å². The number of likely N-dealkylation sites (tertiary alicyclic amines) is 1. The molecule has 2 aromatic rings. The zero-order valence-corrected chi connectivity index (χ0v) is 20.5. The summed E-state index contributed by atoms with van der Waals surface area (Å²) in [5.41, 5.74) is 5.21. The molecule has 3 rings (SSSR count). The molecule has 1 fully saturated rings. The van der Waals surface area contributed by atoms with Crippen LogP contribution in [0.1, 0.15) is 43.4 Å². The monoisotopic (exact) mass is 460 g/mol. The van der Waals surface area contributed by atoms with Gasteiger partial charge in [0, 0.05) is 24.7 Å². The molecular weight excluding hydrogens is 423 g/mol. The zero-order valence-electron chi connectivity index (χ0n) is 20.5. The van der Waals surface area contributed by atoms with Crippen LogP contribution in [0.5, 0.6) is 0 Å². The van der Waals surface area contributed by atoms with Crippen molar-refractivity contribution in [3.8, 4) is 0 Å². The van der Waals surface area contributed by atoms with Crippen molar-refractivity contribution >= 4 is 5.91 Å². The van der Waals surface area contributed by atoms with Gasteiger partial charge in [-0.1, -0.05) is 61.2 Å². The number of halogens is 1. The van der Waals surface area contributed by atoms with Crippen molar-refractivity contribution in [2.45, 2.75) is 52.0 Å². The van der Waals surface area contributed by atoms with E-state index in [1.807, 2.05) is 12.2 Å². The van der Waals surface area contributed by atoms with E-state index in [0.717, 1.165) is 30.5 Å². The standard InChI is InChI=1S/C30H37FN2O/c1-4-25(22-28-13-15-29(31)16-14-28)8-7-23(2)30(34)32-19-17-26-9-11-27(12-10-26)18-21-33-20-5-6-24(33)3/h4,7-16,24H,1,5-6,17-22H2,2-3H3,(H,32,34)/b23-7+,25-8+. The molecule has 0 aliphatic carbocycles. The first-order chi connectivity index (χ1) is 16.4. The third kappa shape index (κ3) is 8.11. The molecule has 180 valence electrons. The topological polar surface area (TPSA) is 32.3 Å². The first-order valence-corrected chi connectivity index (χ1v) is 12.3. The number of benzene rings is 2. The summed E-state index contributed by atoms with van der Waals surface area (Å²) < 4.78 is 13.1. The second-order valence-corrected chi connectivity index (χ2v) is 9.20. The van der Waals surface area contributed by atoms with Crippen molar-refractivity contribution in [1.29, 1.82) is 0 Å². The second kappa shape index (κ2) is 13.0. The largest absolute Gasteiger partial charge is 0.352 e. The lowest BCUT2D eigenvalue weighted by atomic mass is 10.0. The van der Waals surface area contributed by atoms with E-state index < -0.39 is 0 Å². The van der Waals surface area contributed by atoms with Gasteiger partial charge in [0.05, 0.1) is 0 Å². The molecule has 1 atom stereocenters. The minimum Gasteiger partial charge on any atom is -0.352 e. The molecule has 1 saturated heterocycles. The summed E-state index contributed by atoms with van der Waals surface area (Å²) in [5.74, 6) is -0.318. The Balaban J connectivity index is 1.42. The van der Waals surface area contributed by atoms with Crippen LogP contribution in [0, 0.1) is 5.82 Å². The molecule has 3 nitrogen and oxygen atoms in total. The Hall–Kier alpha value is -2.98. The molecule has 4 heteroatoms. The number of amides is 1. The zero-order chi connectivity index (χ0) is 24.3. The van der Waals surface area contributed by atoms with Gasteiger partial charge in [-0.15, -0.1) is 0 Å². The minimum atomic E-state index is -0.247. The van der Waals surface area contributed by atoms with E-state index >= 15 is 0 Å². The van der Waals surface area contributed by atoms with Crippen LogP contribution in [0.3, 0.4) is 0 Å². The molecule has 1 N–H and O–H groups in total. The van der Waals surface area contributed by atoms with Crippen LogP contribution >= 0.6 is 0 Å². The van der Waals surface area contributed by atoms with Gasteiger partial charge in [-0.05, 0) is 86.9 Å². The fraction of sp³-hybridized carbons (Fsp3) is 0.367. The smallest absolute Gasteiger partial charge is 0.246 e. The van der Waals surface area contributed by atoms with Gasteiger partial charge in [-0.2, -0.15) is 0 Å². The summed E-state index contributed by atoms with van der Waals surface area (Å²) >= 11 is 0. The Bertz CT molecular complexity index is 1010. The number of rotatable bonds is 11. The molecular formula is C30H37FN2O. The van der Waals surface area contributed by atoms with Crippen molar-refractivity contribution < 1.29 is 9.18 Å². The van der Waals surface area contributed by atoms with Crippen molar-refractivity contribution in [3.63, 3.8) is 0 Å². The van der Waals surface area contributed by atoms with Crippen LogP contribution < -0.4 is 5.32 Å². The van der Waals surface area contributed by atoms with Crippen LogP contribution in [0.2, 0.25) is 0 Å². The van der Waals surface area contributed by atoms with Crippen LogP contribution in [0.25, 0.3) is 0 Å². The van der Waals surface area contributed by atoms with Gasteiger partial charge in [0.15, 0.2) is 0 Å². The summed E-state index contributed by atoms with van der Waals surface area (Å²) in [6.07, 6.45) is 10.7. The van der Waals surface area contributed by atoms with Gasteiger partial charge in [0.1, 0.15) is 5.82 Å². The maximum atomic E-state index is 13.1. The highest BCUT2D eigenvalue weighted by Gasteiger charge is 2.19. The van der Waals surface area contributed by atoms with Crippen LogP contribution in [-0.4, -0.2) is 36.5 Å². The molecule has 0 aromatic heterocycles. The first kappa shape index (κ1) is 25.6. The highest BCUT2D eigenvalue weighted by atomic mass is 19.1. The number of hydrogen-bond acceptors (Lipinski definition) is 2. The minimum absolute atomic E-state index is 0.0715. The van der Waals surface area contributed by atoms with E-state index in [1.165, 1.54) is 42.6 Å². The van der Waals surface area contributed by atoms with E-state index in [9.17, 15) is 9.18 Å². The predicted molar refractivity (Wildman–Crippen MR) is 139 cm³/mol. The lowest BCUT2D eigenvalue weighted by Gasteiger charge is -2.20. The Kier molecular flexibility index (Phi) is 9.84. The average molecular weight is 461 g/mol. The molecule has 1 heterocycles. The maximum Gasteiger partial charge on any atom is 0.246 e. The normalized spacial score (nSPS) is 17.1. The van der Waals surface area contributed by atoms with E-state index in [-0.39, 0.29) is 11.7 Å². The highest BCUT2D eigenvalue weighted by Crippen LogP contribution is 2.17. The number of carbonyl (C=O) groups excluding carboxylic acids is 1. The van der Waals surface area contributed by atoms with Gasteiger partial charge in [0.2, 0.25) is 5.91 Å². The molecule has 0 radical (unpaired) electrons. The number of nitrogens with zero attached hydrogens (tertiary/aromatic N) is 1. The number of nitrogens with one attached hydrogen (secondary N) is 1. The van der Waals surface area contributed by atoms with Crippen LogP contribution in [-0.2, 0) is 24.1 Å². The summed E-state index contributed by atoms with van der Waals surface area (Å²) in [6.45, 7) is 10.9. The van der Waals surface area contributed by atoms with Gasteiger partial charge in [-0.25, -0.2) is 4.39 Å². The first-order valence-electron chi connectivity index (χ1n) is 12.3. The van der Waals surface area contributed by atoms with Crippen molar-refractivity contribution in [3.05, 3.63) is 107 Å². The fourth-order valence-corrected chi connectivity index (χ4v) is 4.27. The quantitative estimate of drug-likeness (QED) is 0.339. The summed E-state index contributed by atoms with van der Waals surface area (Å²) in [4.78, 5) is 15.0. The molecule has 1 unspecified atom stereocenters. The Labute approximate surface area is 204 Å². The Morgan fingerprint density at radius 2 is 1.71 bits per heavy atom. The molecule has 0 bridgehead atoms. The van der Waals surface area contributed by atoms with Crippen molar-refractivity contribution in [2.24, 2.45) is 0 Å². The SMILES string of the molecule is C=C/C(=C\C=C(/C)C(=O)NCCc1ccc(CCN2CCCC2C)cc1)Cc1ccc(F)cc1. The van der Waals surface area contributed by atoms with Gasteiger partial charge >= 0.3 is 0 Å². The van der Waals surface area contributed by atoms with E-state index in [2.05, 4.69) is 48.0 Å². The van der Waals surface area contributed by atoms with E-state index in [4.69, 9.17) is 0 Å². The Morgan fingerprint density at radius 3 is 2.32 bits per heavy atom. The summed E-state index contributed by atoms with van der Waals surface area (Å²) in [7, 11) is 0. The lowest BCUT2D eigenvalue weighted by molar-refractivity contribution is -0.117. The fourth-order valence-electron chi connectivity index (χ4n) is 4.27. The van der Waals surface area contributed by atoms with Crippen LogP contribution in [0.4, 0.5) is 4.39 Å². The highest BCUT2D eigenvalue weighted by molar-refractivity contribution is 5.93. The van der Waals surface area contributed by atoms with Gasteiger partial charge in [-0.3, -0.25) is 4.79 Å². The molecule has 0 spiro atoms. The molecule has 1 aliphatic heterocycles. The number of carbonyl (C=O) groups is 1. The van der Waals surface area contributed by atoms with Crippen molar-refractivity contribution in [2.75, 3.05) is 19.6 Å². The molecule has 0 saturated carbocycles. The molecule has 1 aliphatic rings. The van der Waals surface area contributed by atoms with E-state index in [1.54, 1.807) is 25.1 Å². The average Bonchev–Trinajstić information content (AvgIpc) is 3.26. The second-order valence-electron chi connectivity index (χ2n) is 9.20. The van der Waals surface area contributed by atoms with Crippen LogP contribution in [0.15, 0.2) is 84.5 Å². The molecule has 34 heavy (non-hydrogen) atoms. The summed E-state index contributed by atoms with van der Waals surface area (Å²) in [5, 5.41) is 3.00. The Morgan fingerprint density at radius 1 is 1.06 bits per heavy atom. The summed E-state index contributed by atoms with van der Waals surface area (Å²) in [6, 6.07) is 15.9. The van der Waals surface area contributed by atoms with Gasteiger partial charge < -0.3 is 10.2 Å². The maximum absolute atomic E-state index is 13.1. The molecule has 1 amide bonds. The predicted octanol–water partition coefficient (Wildman–Crippen LogP) is 5.81. The third-order valence-electron chi connectivity index (χ3n) is 6.59.